The molecule has 0 aromatic heterocycles. The SMILES string of the molecule is CCCC1=CC(N)=NC=CC1. The standard InChI is InChI=1S/C9H14N2/c1-2-4-8-5-3-6-11-9(10)7-8/h3,6-7H,2,4-5H2,1H3,(H2,10,11). The number of hydrogen-bond acceptors (Lipinski definition) is 2. The maximum atomic E-state index is 5.58. The van der Waals surface area contributed by atoms with Crippen LogP contribution < -0.4 is 5.73 Å². The molecule has 0 bridgehead atoms. The number of nitrogens with zero attached hydrogens (tertiary/aromatic N) is 1. The number of aliphatic imine (C=N–C) groups is 1. The summed E-state index contributed by atoms with van der Waals surface area (Å²) in [7, 11) is 0. The smallest absolute Gasteiger partial charge is 0.123 e. The highest BCUT2D eigenvalue weighted by atomic mass is 14.8. The van der Waals surface area contributed by atoms with E-state index in [1.807, 2.05) is 12.2 Å². The third-order valence-corrected chi connectivity index (χ3v) is 1.63. The quantitative estimate of drug-likeness (QED) is 0.642. The lowest BCUT2D eigenvalue weighted by Gasteiger charge is -1.99. The van der Waals surface area contributed by atoms with E-state index < -0.39 is 0 Å². The molecular weight excluding hydrogens is 136 g/mol. The predicted octanol–water partition coefficient (Wildman–Crippen LogP) is 1.99. The third kappa shape index (κ3) is 2.58. The maximum Gasteiger partial charge on any atom is 0.123 e. The van der Waals surface area contributed by atoms with Crippen molar-refractivity contribution < 1.29 is 0 Å². The van der Waals surface area contributed by atoms with Crippen molar-refractivity contribution in [2.45, 2.75) is 26.2 Å². The second-order valence-corrected chi connectivity index (χ2v) is 2.70. The van der Waals surface area contributed by atoms with Gasteiger partial charge in [0.2, 0.25) is 0 Å². The minimum absolute atomic E-state index is 0.627. The Bertz CT molecular complexity index is 212. The van der Waals surface area contributed by atoms with Crippen LogP contribution >= 0.6 is 0 Å². The van der Waals surface area contributed by atoms with Crippen LogP contribution in [-0.2, 0) is 0 Å². The van der Waals surface area contributed by atoms with E-state index in [0.717, 1.165) is 12.8 Å². The average molecular weight is 150 g/mol. The zero-order chi connectivity index (χ0) is 8.10. The molecule has 0 atom stereocenters. The van der Waals surface area contributed by atoms with Gasteiger partial charge in [-0.05, 0) is 18.9 Å². The minimum Gasteiger partial charge on any atom is -0.384 e. The second-order valence-electron chi connectivity index (χ2n) is 2.70. The van der Waals surface area contributed by atoms with Crippen molar-refractivity contribution in [2.24, 2.45) is 10.7 Å². The summed E-state index contributed by atoms with van der Waals surface area (Å²) in [6.07, 6.45) is 9.09. The van der Waals surface area contributed by atoms with Crippen molar-refractivity contribution in [1.29, 1.82) is 0 Å². The summed E-state index contributed by atoms with van der Waals surface area (Å²) < 4.78 is 0. The van der Waals surface area contributed by atoms with Crippen LogP contribution in [0.2, 0.25) is 0 Å². The van der Waals surface area contributed by atoms with E-state index in [2.05, 4.69) is 11.9 Å². The van der Waals surface area contributed by atoms with Crippen LogP contribution in [0.15, 0.2) is 28.9 Å². The highest BCUT2D eigenvalue weighted by molar-refractivity contribution is 5.92. The Kier molecular flexibility index (Phi) is 2.90. The molecule has 0 aliphatic carbocycles. The van der Waals surface area contributed by atoms with Gasteiger partial charge in [0, 0.05) is 6.20 Å². The Morgan fingerprint density at radius 1 is 1.64 bits per heavy atom. The van der Waals surface area contributed by atoms with Crippen LogP contribution in [0.25, 0.3) is 0 Å². The largest absolute Gasteiger partial charge is 0.384 e. The molecule has 0 unspecified atom stereocenters. The molecule has 11 heavy (non-hydrogen) atoms. The molecule has 0 saturated heterocycles. The first kappa shape index (κ1) is 8.05. The molecule has 0 aromatic carbocycles. The fourth-order valence-corrected chi connectivity index (χ4v) is 1.14. The van der Waals surface area contributed by atoms with Gasteiger partial charge in [-0.1, -0.05) is 25.0 Å². The van der Waals surface area contributed by atoms with Crippen LogP contribution in [0.4, 0.5) is 0 Å². The monoisotopic (exact) mass is 150 g/mol. The van der Waals surface area contributed by atoms with Gasteiger partial charge >= 0.3 is 0 Å². The molecule has 2 N–H and O–H groups in total. The van der Waals surface area contributed by atoms with Crippen LogP contribution in [0.5, 0.6) is 0 Å². The lowest BCUT2D eigenvalue weighted by atomic mass is 10.1. The van der Waals surface area contributed by atoms with E-state index in [1.165, 1.54) is 12.0 Å². The Hall–Kier alpha value is -1.05. The Morgan fingerprint density at radius 2 is 2.45 bits per heavy atom. The second kappa shape index (κ2) is 3.96. The molecule has 1 aliphatic heterocycles. The van der Waals surface area contributed by atoms with Crippen molar-refractivity contribution in [3.63, 3.8) is 0 Å². The van der Waals surface area contributed by atoms with Crippen LogP contribution in [0.1, 0.15) is 26.2 Å². The van der Waals surface area contributed by atoms with E-state index in [4.69, 9.17) is 5.73 Å². The highest BCUT2D eigenvalue weighted by Gasteiger charge is 1.97. The summed E-state index contributed by atoms with van der Waals surface area (Å²) >= 11 is 0. The van der Waals surface area contributed by atoms with Crippen LogP contribution in [-0.4, -0.2) is 5.84 Å². The van der Waals surface area contributed by atoms with E-state index in [1.54, 1.807) is 6.20 Å². The fraction of sp³-hybridized carbons (Fsp3) is 0.444. The summed E-state index contributed by atoms with van der Waals surface area (Å²) in [4.78, 5) is 3.99. The Morgan fingerprint density at radius 3 is 3.18 bits per heavy atom. The van der Waals surface area contributed by atoms with Crippen LogP contribution in [0.3, 0.4) is 0 Å². The van der Waals surface area contributed by atoms with Gasteiger partial charge in [-0.25, -0.2) is 4.99 Å². The maximum absolute atomic E-state index is 5.58. The first-order valence-electron chi connectivity index (χ1n) is 4.00. The Balaban J connectivity index is 2.65. The van der Waals surface area contributed by atoms with Crippen molar-refractivity contribution in [3.05, 3.63) is 23.9 Å². The lowest BCUT2D eigenvalue weighted by Crippen LogP contribution is -2.07. The summed E-state index contributed by atoms with van der Waals surface area (Å²) in [6, 6.07) is 0. The minimum atomic E-state index is 0.627. The topological polar surface area (TPSA) is 38.4 Å². The molecule has 1 rings (SSSR count). The molecule has 0 aromatic rings. The average Bonchev–Trinajstić information content (AvgIpc) is 2.15. The number of nitrogens with two attached hydrogens (primary N) is 1. The van der Waals surface area contributed by atoms with E-state index in [9.17, 15) is 0 Å². The van der Waals surface area contributed by atoms with Crippen molar-refractivity contribution in [2.75, 3.05) is 0 Å². The zero-order valence-corrected chi connectivity index (χ0v) is 6.88. The van der Waals surface area contributed by atoms with E-state index >= 15 is 0 Å². The molecule has 2 heteroatoms. The first-order chi connectivity index (χ1) is 5.33. The molecule has 2 nitrogen and oxygen atoms in total. The Labute approximate surface area is 67.5 Å². The van der Waals surface area contributed by atoms with Gasteiger partial charge in [0.25, 0.3) is 0 Å². The number of hydrogen-bond donors (Lipinski definition) is 1. The van der Waals surface area contributed by atoms with Gasteiger partial charge in [-0.2, -0.15) is 0 Å². The molecule has 0 radical (unpaired) electrons. The van der Waals surface area contributed by atoms with Crippen molar-refractivity contribution in [1.82, 2.24) is 0 Å². The summed E-state index contributed by atoms with van der Waals surface area (Å²) in [5.74, 6) is 0.627. The summed E-state index contributed by atoms with van der Waals surface area (Å²) in [5.41, 5.74) is 6.96. The summed E-state index contributed by atoms with van der Waals surface area (Å²) in [6.45, 7) is 2.17. The van der Waals surface area contributed by atoms with Crippen molar-refractivity contribution >= 4 is 5.84 Å². The molecule has 0 fully saturated rings. The molecule has 60 valence electrons. The van der Waals surface area contributed by atoms with Gasteiger partial charge in [-0.15, -0.1) is 0 Å². The van der Waals surface area contributed by atoms with Gasteiger partial charge in [-0.3, -0.25) is 0 Å². The van der Waals surface area contributed by atoms with E-state index in [-0.39, 0.29) is 0 Å². The van der Waals surface area contributed by atoms with Gasteiger partial charge < -0.3 is 5.73 Å². The molecule has 1 heterocycles. The molecule has 0 saturated carbocycles. The number of rotatable bonds is 2. The molecule has 1 aliphatic rings. The van der Waals surface area contributed by atoms with Gasteiger partial charge in [0.1, 0.15) is 5.84 Å². The lowest BCUT2D eigenvalue weighted by molar-refractivity contribution is 0.882. The van der Waals surface area contributed by atoms with Gasteiger partial charge in [0.05, 0.1) is 0 Å². The van der Waals surface area contributed by atoms with Crippen molar-refractivity contribution in [3.8, 4) is 0 Å². The summed E-state index contributed by atoms with van der Waals surface area (Å²) in [5, 5.41) is 0. The fourth-order valence-electron chi connectivity index (χ4n) is 1.14. The molecule has 0 spiro atoms. The normalized spacial score (nSPS) is 17.2. The van der Waals surface area contributed by atoms with E-state index in [0.29, 0.717) is 5.84 Å². The number of allylic oxidation sites excluding steroid dienone is 2. The third-order valence-electron chi connectivity index (χ3n) is 1.63. The van der Waals surface area contributed by atoms with Gasteiger partial charge in [0.15, 0.2) is 0 Å². The predicted molar refractivity (Wildman–Crippen MR) is 48.4 cm³/mol. The van der Waals surface area contributed by atoms with Crippen LogP contribution in [0, 0.1) is 0 Å². The highest BCUT2D eigenvalue weighted by Crippen LogP contribution is 2.11. The molecular formula is C9H14N2. The number of amidine groups is 1. The molecule has 0 amide bonds. The zero-order valence-electron chi connectivity index (χ0n) is 6.88. The first-order valence-corrected chi connectivity index (χ1v) is 4.00.